The maximum Gasteiger partial charge on any atom is 0.289 e. The Bertz CT molecular complexity index is 1190. The summed E-state index contributed by atoms with van der Waals surface area (Å²) >= 11 is 1.65. The van der Waals surface area contributed by atoms with Gasteiger partial charge >= 0.3 is 0 Å². The second-order valence-electron chi connectivity index (χ2n) is 8.06. The molecule has 1 saturated heterocycles. The summed E-state index contributed by atoms with van der Waals surface area (Å²) < 4.78 is 5.27. The summed E-state index contributed by atoms with van der Waals surface area (Å²) in [5.41, 5.74) is 3.68. The van der Waals surface area contributed by atoms with Gasteiger partial charge in [0.1, 0.15) is 17.0 Å². The largest absolute Gasteiger partial charge is 0.459 e. The number of nitrogens with zero attached hydrogens (tertiary/aromatic N) is 4. The molecule has 4 heterocycles. The van der Waals surface area contributed by atoms with Crippen molar-refractivity contribution in [2.45, 2.75) is 19.8 Å². The molecule has 0 aliphatic carbocycles. The van der Waals surface area contributed by atoms with Gasteiger partial charge in [-0.2, -0.15) is 0 Å². The first-order valence-corrected chi connectivity index (χ1v) is 11.4. The van der Waals surface area contributed by atoms with Crippen LogP contribution >= 0.6 is 11.3 Å². The van der Waals surface area contributed by atoms with Crippen LogP contribution in [0.25, 0.3) is 21.3 Å². The van der Waals surface area contributed by atoms with E-state index in [1.54, 1.807) is 29.8 Å². The molecule has 1 fully saturated rings. The van der Waals surface area contributed by atoms with Gasteiger partial charge in [-0.1, -0.05) is 38.1 Å². The molecule has 0 spiro atoms. The number of fused-ring (bicyclic) bond motifs is 1. The van der Waals surface area contributed by atoms with Crippen LogP contribution in [-0.2, 0) is 0 Å². The lowest BCUT2D eigenvalue weighted by atomic mass is 9.99. The summed E-state index contributed by atoms with van der Waals surface area (Å²) in [5.74, 6) is 1.79. The molecular weight excluding hydrogens is 408 g/mol. The van der Waals surface area contributed by atoms with E-state index in [-0.39, 0.29) is 5.91 Å². The smallest absolute Gasteiger partial charge is 0.289 e. The van der Waals surface area contributed by atoms with Crippen molar-refractivity contribution in [1.82, 2.24) is 14.9 Å². The second-order valence-corrected chi connectivity index (χ2v) is 8.92. The van der Waals surface area contributed by atoms with E-state index in [2.05, 4.69) is 58.4 Å². The Labute approximate surface area is 185 Å². The van der Waals surface area contributed by atoms with Gasteiger partial charge in [-0.25, -0.2) is 9.97 Å². The number of amides is 1. The third kappa shape index (κ3) is 3.70. The van der Waals surface area contributed by atoms with Crippen molar-refractivity contribution in [3.8, 4) is 11.1 Å². The molecule has 3 aromatic heterocycles. The van der Waals surface area contributed by atoms with Crippen LogP contribution in [0.2, 0.25) is 0 Å². The first-order chi connectivity index (χ1) is 15.1. The highest BCUT2D eigenvalue weighted by atomic mass is 32.1. The van der Waals surface area contributed by atoms with Crippen molar-refractivity contribution in [1.29, 1.82) is 0 Å². The van der Waals surface area contributed by atoms with Gasteiger partial charge in [0.15, 0.2) is 5.76 Å². The number of thiophene rings is 1. The normalized spacial score (nSPS) is 14.5. The lowest BCUT2D eigenvalue weighted by Gasteiger charge is -2.35. The number of benzene rings is 1. The zero-order valence-corrected chi connectivity index (χ0v) is 18.4. The van der Waals surface area contributed by atoms with E-state index >= 15 is 0 Å². The van der Waals surface area contributed by atoms with Crippen LogP contribution < -0.4 is 4.90 Å². The standard InChI is InChI=1S/C24H24N4O2S/c1-16(2)17-5-7-18(8-6-17)19-14-31-23-21(19)22(25-15-26-23)27-9-11-28(12-10-27)24(29)20-4-3-13-30-20/h3-8,13-16H,9-12H2,1-2H3. The molecule has 7 heteroatoms. The molecule has 1 aliphatic rings. The molecule has 1 aromatic carbocycles. The number of hydrogen-bond acceptors (Lipinski definition) is 6. The first-order valence-electron chi connectivity index (χ1n) is 10.5. The SMILES string of the molecule is CC(C)c1ccc(-c2csc3ncnc(N4CCN(C(=O)c5ccco5)CC4)c23)cc1. The molecule has 0 atom stereocenters. The molecule has 0 unspecified atom stereocenters. The molecule has 31 heavy (non-hydrogen) atoms. The first kappa shape index (κ1) is 19.8. The molecular formula is C24H24N4O2S. The maximum atomic E-state index is 12.6. The van der Waals surface area contributed by atoms with Gasteiger partial charge in [0.05, 0.1) is 11.6 Å². The lowest BCUT2D eigenvalue weighted by molar-refractivity contribution is 0.0714. The average Bonchev–Trinajstić information content (AvgIpc) is 3.49. The molecule has 0 radical (unpaired) electrons. The molecule has 158 valence electrons. The molecule has 5 rings (SSSR count). The number of hydrogen-bond donors (Lipinski definition) is 0. The van der Waals surface area contributed by atoms with Gasteiger partial charge in [0.25, 0.3) is 5.91 Å². The average molecular weight is 433 g/mol. The van der Waals surface area contributed by atoms with Crippen LogP contribution in [0, 0.1) is 0 Å². The maximum absolute atomic E-state index is 12.6. The Kier molecular flexibility index (Phi) is 5.19. The van der Waals surface area contributed by atoms with Crippen LogP contribution in [0.15, 0.2) is 58.8 Å². The molecule has 0 N–H and O–H groups in total. The summed E-state index contributed by atoms with van der Waals surface area (Å²) in [4.78, 5) is 26.8. The number of carbonyl (C=O) groups excluding carboxylic acids is 1. The predicted molar refractivity (Wildman–Crippen MR) is 124 cm³/mol. The van der Waals surface area contributed by atoms with Gasteiger partial charge in [0.2, 0.25) is 0 Å². The van der Waals surface area contributed by atoms with Gasteiger partial charge in [-0.05, 0) is 29.2 Å². The third-order valence-electron chi connectivity index (χ3n) is 5.84. The molecule has 0 saturated carbocycles. The molecule has 1 amide bonds. The summed E-state index contributed by atoms with van der Waals surface area (Å²) in [6.07, 6.45) is 3.17. The van der Waals surface area contributed by atoms with Crippen molar-refractivity contribution in [2.24, 2.45) is 0 Å². The Morgan fingerprint density at radius 2 is 1.84 bits per heavy atom. The van der Waals surface area contributed by atoms with Crippen molar-refractivity contribution in [3.05, 3.63) is 65.7 Å². The van der Waals surface area contributed by atoms with E-state index in [0.29, 0.717) is 24.8 Å². The summed E-state index contributed by atoms with van der Waals surface area (Å²) in [6.45, 7) is 7.12. The molecule has 1 aliphatic heterocycles. The lowest BCUT2D eigenvalue weighted by Crippen LogP contribution is -2.49. The summed E-state index contributed by atoms with van der Waals surface area (Å²) in [6, 6.07) is 12.2. The predicted octanol–water partition coefficient (Wildman–Crippen LogP) is 5.04. The van der Waals surface area contributed by atoms with E-state index in [9.17, 15) is 4.79 Å². The highest BCUT2D eigenvalue weighted by molar-refractivity contribution is 7.17. The highest BCUT2D eigenvalue weighted by Crippen LogP contribution is 2.38. The Balaban J connectivity index is 1.42. The Hall–Kier alpha value is -3.19. The van der Waals surface area contributed by atoms with Crippen molar-refractivity contribution < 1.29 is 9.21 Å². The molecule has 4 aromatic rings. The minimum absolute atomic E-state index is 0.0565. The van der Waals surface area contributed by atoms with E-state index in [4.69, 9.17) is 4.42 Å². The van der Waals surface area contributed by atoms with E-state index in [0.717, 1.165) is 29.1 Å². The van der Waals surface area contributed by atoms with Crippen LogP contribution in [0.3, 0.4) is 0 Å². The van der Waals surface area contributed by atoms with E-state index in [1.165, 1.54) is 23.0 Å². The number of aromatic nitrogens is 2. The van der Waals surface area contributed by atoms with Crippen LogP contribution in [-0.4, -0.2) is 47.0 Å². The van der Waals surface area contributed by atoms with Crippen molar-refractivity contribution in [3.63, 3.8) is 0 Å². The fourth-order valence-electron chi connectivity index (χ4n) is 4.04. The number of anilines is 1. The van der Waals surface area contributed by atoms with Crippen LogP contribution in [0.1, 0.15) is 35.9 Å². The van der Waals surface area contributed by atoms with Crippen LogP contribution in [0.4, 0.5) is 5.82 Å². The van der Waals surface area contributed by atoms with Crippen molar-refractivity contribution >= 4 is 33.3 Å². The number of rotatable bonds is 4. The van der Waals surface area contributed by atoms with Crippen molar-refractivity contribution in [2.75, 3.05) is 31.1 Å². The Morgan fingerprint density at radius 1 is 1.06 bits per heavy atom. The van der Waals surface area contributed by atoms with Gasteiger partial charge < -0.3 is 14.2 Å². The fourth-order valence-corrected chi connectivity index (χ4v) is 4.95. The Morgan fingerprint density at radius 3 is 2.52 bits per heavy atom. The monoisotopic (exact) mass is 432 g/mol. The fraction of sp³-hybridized carbons (Fsp3) is 0.292. The van der Waals surface area contributed by atoms with Crippen LogP contribution in [0.5, 0.6) is 0 Å². The van der Waals surface area contributed by atoms with Gasteiger partial charge in [-0.15, -0.1) is 11.3 Å². The zero-order valence-electron chi connectivity index (χ0n) is 17.6. The minimum atomic E-state index is -0.0565. The second kappa shape index (κ2) is 8.15. The summed E-state index contributed by atoms with van der Waals surface area (Å²) in [7, 11) is 0. The number of furan rings is 1. The number of carbonyl (C=O) groups is 1. The van der Waals surface area contributed by atoms with Gasteiger partial charge in [-0.3, -0.25) is 4.79 Å². The quantitative estimate of drug-likeness (QED) is 0.452. The molecule has 6 nitrogen and oxygen atoms in total. The van der Waals surface area contributed by atoms with E-state index in [1.807, 2.05) is 4.90 Å². The van der Waals surface area contributed by atoms with E-state index < -0.39 is 0 Å². The summed E-state index contributed by atoms with van der Waals surface area (Å²) in [5, 5.41) is 3.26. The zero-order chi connectivity index (χ0) is 21.4. The third-order valence-corrected chi connectivity index (χ3v) is 6.72. The topological polar surface area (TPSA) is 62.5 Å². The molecule has 0 bridgehead atoms. The van der Waals surface area contributed by atoms with Gasteiger partial charge in [0, 0.05) is 37.1 Å². The highest BCUT2D eigenvalue weighted by Gasteiger charge is 2.26. The number of piperazine rings is 1. The minimum Gasteiger partial charge on any atom is -0.459 e.